The van der Waals surface area contributed by atoms with Crippen molar-refractivity contribution < 1.29 is 5.11 Å². The third-order valence-electron chi connectivity index (χ3n) is 3.08. The minimum absolute atomic E-state index is 0.404. The Morgan fingerprint density at radius 2 is 1.50 bits per heavy atom. The Kier molecular flexibility index (Phi) is 4.51. The molecule has 0 saturated carbocycles. The first kappa shape index (κ1) is 12.8. The topological polar surface area (TPSA) is 46.2 Å². The molecule has 1 atom stereocenters. The zero-order valence-corrected chi connectivity index (χ0v) is 10.4. The molecular weight excluding hydrogens is 222 g/mol. The maximum atomic E-state index is 9.96. The molecule has 1 unspecified atom stereocenters. The normalized spacial score (nSPS) is 12.3. The van der Waals surface area contributed by atoms with Gasteiger partial charge in [0.1, 0.15) is 0 Å². The highest BCUT2D eigenvalue weighted by atomic mass is 16.3. The summed E-state index contributed by atoms with van der Waals surface area (Å²) in [6.07, 6.45) is 1.17. The van der Waals surface area contributed by atoms with Crippen LogP contribution in [0.5, 0.6) is 0 Å². The highest BCUT2D eigenvalue weighted by molar-refractivity contribution is 5.63. The van der Waals surface area contributed by atoms with Crippen LogP contribution in [0.3, 0.4) is 0 Å². The lowest BCUT2D eigenvalue weighted by molar-refractivity contribution is 0.165. The number of aliphatic hydroxyl groups excluding tert-OH is 1. The van der Waals surface area contributed by atoms with Crippen molar-refractivity contribution in [2.24, 2.45) is 5.73 Å². The van der Waals surface area contributed by atoms with Crippen LogP contribution in [0.1, 0.15) is 24.5 Å². The number of aliphatic hydroxyl groups is 1. The van der Waals surface area contributed by atoms with Gasteiger partial charge < -0.3 is 10.8 Å². The summed E-state index contributed by atoms with van der Waals surface area (Å²) in [4.78, 5) is 0. The van der Waals surface area contributed by atoms with Crippen LogP contribution in [0.25, 0.3) is 11.1 Å². The van der Waals surface area contributed by atoms with E-state index in [0.29, 0.717) is 6.54 Å². The molecule has 0 spiro atoms. The zero-order chi connectivity index (χ0) is 12.8. The number of benzene rings is 2. The van der Waals surface area contributed by atoms with Gasteiger partial charge >= 0.3 is 0 Å². The van der Waals surface area contributed by atoms with E-state index in [2.05, 4.69) is 24.3 Å². The van der Waals surface area contributed by atoms with Crippen molar-refractivity contribution in [3.05, 3.63) is 60.2 Å². The van der Waals surface area contributed by atoms with Crippen LogP contribution in [0.2, 0.25) is 0 Å². The van der Waals surface area contributed by atoms with Crippen molar-refractivity contribution in [1.82, 2.24) is 0 Å². The predicted octanol–water partition coefficient (Wildman–Crippen LogP) is 3.13. The molecule has 0 aliphatic heterocycles. The fraction of sp³-hybridized carbons (Fsp3) is 0.250. The lowest BCUT2D eigenvalue weighted by Crippen LogP contribution is -2.03. The van der Waals surface area contributed by atoms with E-state index in [4.69, 9.17) is 5.73 Å². The molecule has 94 valence electrons. The Bertz CT molecular complexity index is 464. The van der Waals surface area contributed by atoms with Crippen LogP contribution in [-0.4, -0.2) is 11.7 Å². The molecule has 2 nitrogen and oxygen atoms in total. The molecule has 3 N–H and O–H groups in total. The molecule has 0 radical (unpaired) electrons. The summed E-state index contributed by atoms with van der Waals surface area (Å²) < 4.78 is 0. The lowest BCUT2D eigenvalue weighted by Gasteiger charge is -2.11. The first-order chi connectivity index (χ1) is 8.81. The minimum atomic E-state index is -0.404. The third kappa shape index (κ3) is 3.19. The largest absolute Gasteiger partial charge is 0.388 e. The van der Waals surface area contributed by atoms with E-state index in [1.54, 1.807) is 0 Å². The summed E-state index contributed by atoms with van der Waals surface area (Å²) in [5.74, 6) is 0. The van der Waals surface area contributed by atoms with Crippen molar-refractivity contribution >= 4 is 0 Å². The summed E-state index contributed by atoms with van der Waals surface area (Å²) >= 11 is 0. The van der Waals surface area contributed by atoms with Crippen LogP contribution in [0, 0.1) is 0 Å². The van der Waals surface area contributed by atoms with Gasteiger partial charge in [-0.2, -0.15) is 0 Å². The number of rotatable bonds is 5. The fourth-order valence-electron chi connectivity index (χ4n) is 2.01. The number of hydrogen-bond acceptors (Lipinski definition) is 2. The molecule has 0 fully saturated rings. The van der Waals surface area contributed by atoms with Crippen molar-refractivity contribution in [1.29, 1.82) is 0 Å². The maximum absolute atomic E-state index is 9.96. The molecule has 0 aliphatic carbocycles. The quantitative estimate of drug-likeness (QED) is 0.844. The zero-order valence-electron chi connectivity index (χ0n) is 10.4. The molecule has 0 amide bonds. The fourth-order valence-corrected chi connectivity index (χ4v) is 2.01. The van der Waals surface area contributed by atoms with Gasteiger partial charge in [0.2, 0.25) is 0 Å². The Morgan fingerprint density at radius 1 is 0.889 bits per heavy atom. The summed E-state index contributed by atoms with van der Waals surface area (Å²) in [5.41, 5.74) is 8.77. The SMILES string of the molecule is NCCCC(O)c1ccc(-c2ccccc2)cc1. The van der Waals surface area contributed by atoms with Crippen molar-refractivity contribution in [3.8, 4) is 11.1 Å². The van der Waals surface area contributed by atoms with Crippen molar-refractivity contribution in [2.75, 3.05) is 6.54 Å². The lowest BCUT2D eigenvalue weighted by atomic mass is 10.00. The van der Waals surface area contributed by atoms with Gasteiger partial charge in [0.15, 0.2) is 0 Å². The summed E-state index contributed by atoms with van der Waals surface area (Å²) in [7, 11) is 0. The van der Waals surface area contributed by atoms with Crippen LogP contribution < -0.4 is 5.73 Å². The van der Waals surface area contributed by atoms with Gasteiger partial charge in [-0.15, -0.1) is 0 Å². The van der Waals surface area contributed by atoms with Gasteiger partial charge in [0.25, 0.3) is 0 Å². The third-order valence-corrected chi connectivity index (χ3v) is 3.08. The van der Waals surface area contributed by atoms with Gasteiger partial charge in [-0.3, -0.25) is 0 Å². The molecule has 2 aromatic rings. The molecule has 0 saturated heterocycles. The second-order valence-electron chi connectivity index (χ2n) is 4.43. The molecule has 2 heteroatoms. The van der Waals surface area contributed by atoms with Gasteiger partial charge in [0.05, 0.1) is 6.10 Å². The van der Waals surface area contributed by atoms with Crippen molar-refractivity contribution in [3.63, 3.8) is 0 Å². The second-order valence-corrected chi connectivity index (χ2v) is 4.43. The smallest absolute Gasteiger partial charge is 0.0790 e. The van der Waals surface area contributed by atoms with E-state index in [1.165, 1.54) is 11.1 Å². The number of hydrogen-bond donors (Lipinski definition) is 2. The van der Waals surface area contributed by atoms with Crippen LogP contribution in [0.4, 0.5) is 0 Å². The molecule has 0 bridgehead atoms. The van der Waals surface area contributed by atoms with E-state index >= 15 is 0 Å². The first-order valence-electron chi connectivity index (χ1n) is 6.35. The van der Waals surface area contributed by atoms with Gasteiger partial charge in [-0.1, -0.05) is 54.6 Å². The molecule has 2 aromatic carbocycles. The Hall–Kier alpha value is -1.64. The van der Waals surface area contributed by atoms with Gasteiger partial charge in [-0.25, -0.2) is 0 Å². The first-order valence-corrected chi connectivity index (χ1v) is 6.35. The van der Waals surface area contributed by atoms with E-state index < -0.39 is 6.10 Å². The monoisotopic (exact) mass is 241 g/mol. The highest BCUT2D eigenvalue weighted by Crippen LogP contribution is 2.23. The molecule has 18 heavy (non-hydrogen) atoms. The Balaban J connectivity index is 2.10. The summed E-state index contributed by atoms with van der Waals surface area (Å²) in [6, 6.07) is 18.3. The maximum Gasteiger partial charge on any atom is 0.0790 e. The summed E-state index contributed by atoms with van der Waals surface area (Å²) in [6.45, 7) is 0.624. The van der Waals surface area contributed by atoms with Crippen LogP contribution in [-0.2, 0) is 0 Å². The molecular formula is C16H19NO. The second kappa shape index (κ2) is 6.34. The van der Waals surface area contributed by atoms with Crippen LogP contribution in [0.15, 0.2) is 54.6 Å². The average molecular weight is 241 g/mol. The van der Waals surface area contributed by atoms with Gasteiger partial charge in [0, 0.05) is 0 Å². The Morgan fingerprint density at radius 3 is 2.11 bits per heavy atom. The molecule has 0 aliphatic rings. The van der Waals surface area contributed by atoms with E-state index in [9.17, 15) is 5.11 Å². The van der Waals surface area contributed by atoms with E-state index in [1.807, 2.05) is 30.3 Å². The van der Waals surface area contributed by atoms with E-state index in [0.717, 1.165) is 18.4 Å². The standard InChI is InChI=1S/C16H19NO/c17-12-4-7-16(18)15-10-8-14(9-11-15)13-5-2-1-3-6-13/h1-3,5-6,8-11,16,18H,4,7,12,17H2. The number of nitrogens with two attached hydrogens (primary N) is 1. The van der Waals surface area contributed by atoms with Gasteiger partial charge in [-0.05, 0) is 36.1 Å². The molecule has 2 rings (SSSR count). The van der Waals surface area contributed by atoms with Crippen LogP contribution >= 0.6 is 0 Å². The van der Waals surface area contributed by atoms with E-state index in [-0.39, 0.29) is 0 Å². The van der Waals surface area contributed by atoms with Crippen molar-refractivity contribution in [2.45, 2.75) is 18.9 Å². The minimum Gasteiger partial charge on any atom is -0.388 e. The highest BCUT2D eigenvalue weighted by Gasteiger charge is 2.06. The average Bonchev–Trinajstić information content (AvgIpc) is 2.46. The predicted molar refractivity (Wildman–Crippen MR) is 75.1 cm³/mol. The summed E-state index contributed by atoms with van der Waals surface area (Å²) in [5, 5.41) is 9.96. The molecule has 0 heterocycles. The molecule has 0 aromatic heterocycles. The Labute approximate surface area is 108 Å².